The predicted molar refractivity (Wildman–Crippen MR) is 79.9 cm³/mol. The lowest BCUT2D eigenvalue weighted by Gasteiger charge is -2.29. The number of hydrogen-bond acceptors (Lipinski definition) is 3. The number of carbonyl (C=O) groups is 1. The fraction of sp³-hybridized carbons (Fsp3) is 0.562. The van der Waals surface area contributed by atoms with Gasteiger partial charge in [-0.25, -0.2) is 0 Å². The lowest BCUT2D eigenvalue weighted by molar-refractivity contribution is -0.115. The van der Waals surface area contributed by atoms with E-state index in [4.69, 9.17) is 10.5 Å². The number of amides is 1. The van der Waals surface area contributed by atoms with Crippen molar-refractivity contribution in [3.05, 3.63) is 17.7 Å². The first-order valence-corrected chi connectivity index (χ1v) is 7.54. The van der Waals surface area contributed by atoms with Crippen LogP contribution < -0.4 is 15.8 Å². The highest BCUT2D eigenvalue weighted by molar-refractivity contribution is 6.00. The van der Waals surface area contributed by atoms with Crippen molar-refractivity contribution in [1.29, 1.82) is 0 Å². The van der Waals surface area contributed by atoms with Gasteiger partial charge in [-0.15, -0.1) is 0 Å². The minimum absolute atomic E-state index is 0.0280. The lowest BCUT2D eigenvalue weighted by Crippen LogP contribution is -2.25. The van der Waals surface area contributed by atoms with Crippen LogP contribution in [-0.2, 0) is 11.2 Å². The fourth-order valence-corrected chi connectivity index (χ4v) is 3.27. The van der Waals surface area contributed by atoms with E-state index in [9.17, 15) is 4.79 Å². The van der Waals surface area contributed by atoms with Gasteiger partial charge in [0.25, 0.3) is 0 Å². The van der Waals surface area contributed by atoms with Gasteiger partial charge in [-0.2, -0.15) is 0 Å². The first kappa shape index (κ1) is 13.3. The Labute approximate surface area is 119 Å². The van der Waals surface area contributed by atoms with Crippen molar-refractivity contribution >= 4 is 17.3 Å². The predicted octanol–water partition coefficient (Wildman–Crippen LogP) is 3.11. The summed E-state index contributed by atoms with van der Waals surface area (Å²) in [4.78, 5) is 11.4. The van der Waals surface area contributed by atoms with Crippen LogP contribution in [0.4, 0.5) is 11.4 Å². The average molecular weight is 274 g/mol. The molecular weight excluding hydrogens is 252 g/mol. The summed E-state index contributed by atoms with van der Waals surface area (Å²) in [6, 6.07) is 3.74. The van der Waals surface area contributed by atoms with E-state index in [0.29, 0.717) is 17.9 Å². The van der Waals surface area contributed by atoms with Gasteiger partial charge in [-0.05, 0) is 36.8 Å². The Kier molecular flexibility index (Phi) is 3.55. The molecule has 1 aliphatic carbocycles. The zero-order valence-electron chi connectivity index (χ0n) is 11.9. The van der Waals surface area contributed by atoms with Gasteiger partial charge in [0.1, 0.15) is 5.75 Å². The zero-order chi connectivity index (χ0) is 14.1. The monoisotopic (exact) mass is 274 g/mol. The minimum atomic E-state index is 0.0280. The maximum Gasteiger partial charge on any atom is 0.228 e. The first-order valence-electron chi connectivity index (χ1n) is 7.54. The van der Waals surface area contributed by atoms with Crippen molar-refractivity contribution in [2.45, 2.75) is 51.6 Å². The number of fused-ring (bicyclic) bond motifs is 1. The van der Waals surface area contributed by atoms with E-state index in [1.54, 1.807) is 0 Å². The quantitative estimate of drug-likeness (QED) is 0.832. The molecule has 4 heteroatoms. The van der Waals surface area contributed by atoms with E-state index in [-0.39, 0.29) is 12.0 Å². The Hall–Kier alpha value is -1.71. The number of rotatable bonds is 3. The van der Waals surface area contributed by atoms with E-state index in [2.05, 4.69) is 12.2 Å². The molecule has 1 amide bonds. The van der Waals surface area contributed by atoms with Crippen molar-refractivity contribution < 1.29 is 9.53 Å². The third kappa shape index (κ3) is 2.60. The summed E-state index contributed by atoms with van der Waals surface area (Å²) < 4.78 is 6.10. The van der Waals surface area contributed by atoms with E-state index < -0.39 is 0 Å². The molecule has 20 heavy (non-hydrogen) atoms. The van der Waals surface area contributed by atoms with Crippen LogP contribution in [0.15, 0.2) is 12.1 Å². The fourth-order valence-electron chi connectivity index (χ4n) is 3.27. The summed E-state index contributed by atoms with van der Waals surface area (Å²) in [7, 11) is 0. The Morgan fingerprint density at radius 3 is 3.05 bits per heavy atom. The number of hydrogen-bond donors (Lipinski definition) is 2. The molecular formula is C16H22N2O2. The highest BCUT2D eigenvalue weighted by Crippen LogP contribution is 2.36. The third-order valence-corrected chi connectivity index (χ3v) is 4.47. The second-order valence-electron chi connectivity index (χ2n) is 5.95. The van der Waals surface area contributed by atoms with Gasteiger partial charge in [0.15, 0.2) is 0 Å². The summed E-state index contributed by atoms with van der Waals surface area (Å²) in [5, 5.41) is 2.85. The molecule has 3 rings (SSSR count). The Morgan fingerprint density at radius 2 is 2.25 bits per heavy atom. The van der Waals surface area contributed by atoms with E-state index in [1.807, 2.05) is 12.1 Å². The summed E-state index contributed by atoms with van der Waals surface area (Å²) in [5.41, 5.74) is 8.51. The van der Waals surface area contributed by atoms with E-state index >= 15 is 0 Å². The molecule has 0 bridgehead atoms. The second kappa shape index (κ2) is 5.35. The number of nitrogens with two attached hydrogens (primary N) is 1. The lowest BCUT2D eigenvalue weighted by atomic mass is 9.85. The summed E-state index contributed by atoms with van der Waals surface area (Å²) in [6.45, 7) is 2.24. The molecule has 1 aromatic carbocycles. The third-order valence-electron chi connectivity index (χ3n) is 4.47. The van der Waals surface area contributed by atoms with Crippen molar-refractivity contribution in [3.63, 3.8) is 0 Å². The smallest absolute Gasteiger partial charge is 0.228 e. The van der Waals surface area contributed by atoms with Crippen molar-refractivity contribution in [3.8, 4) is 5.75 Å². The van der Waals surface area contributed by atoms with E-state index in [1.165, 1.54) is 19.3 Å². The number of carbonyl (C=O) groups excluding carboxylic acids is 1. The molecule has 2 unspecified atom stereocenters. The number of nitrogen functional groups attached to an aromatic ring is 1. The van der Waals surface area contributed by atoms with Crippen LogP contribution in [0.1, 0.15) is 44.6 Å². The molecule has 0 aromatic heterocycles. The maximum atomic E-state index is 11.4. The molecule has 2 aliphatic rings. The van der Waals surface area contributed by atoms with Crippen molar-refractivity contribution in [2.24, 2.45) is 5.92 Å². The van der Waals surface area contributed by atoms with Crippen LogP contribution in [0, 0.1) is 5.92 Å². The van der Waals surface area contributed by atoms with Crippen LogP contribution in [0.3, 0.4) is 0 Å². The SMILES string of the molecule is CCC1CCCC(Oc2cc3c(cc2N)CC(=O)N3)C1. The Balaban J connectivity index is 1.74. The van der Waals surface area contributed by atoms with Gasteiger partial charge in [-0.1, -0.05) is 19.8 Å². The maximum absolute atomic E-state index is 11.4. The zero-order valence-corrected chi connectivity index (χ0v) is 11.9. The molecule has 1 aliphatic heterocycles. The van der Waals surface area contributed by atoms with Crippen LogP contribution in [0.2, 0.25) is 0 Å². The molecule has 0 saturated heterocycles. The standard InChI is InChI=1S/C16H22N2O2/c1-2-10-4-3-5-12(6-10)20-15-9-14-11(7-13(15)17)8-16(19)18-14/h7,9-10,12H,2-6,8,17H2,1H3,(H,18,19). The van der Waals surface area contributed by atoms with Crippen LogP contribution >= 0.6 is 0 Å². The molecule has 0 spiro atoms. The Morgan fingerprint density at radius 1 is 1.40 bits per heavy atom. The molecule has 1 aromatic rings. The summed E-state index contributed by atoms with van der Waals surface area (Å²) in [5.74, 6) is 1.51. The molecule has 1 saturated carbocycles. The number of benzene rings is 1. The first-order chi connectivity index (χ1) is 9.65. The van der Waals surface area contributed by atoms with Crippen LogP contribution in [0.25, 0.3) is 0 Å². The minimum Gasteiger partial charge on any atom is -0.488 e. The normalized spacial score (nSPS) is 25.1. The molecule has 1 fully saturated rings. The average Bonchev–Trinajstić information content (AvgIpc) is 2.78. The van der Waals surface area contributed by atoms with Gasteiger partial charge < -0.3 is 15.8 Å². The largest absolute Gasteiger partial charge is 0.488 e. The number of ether oxygens (including phenoxy) is 1. The number of nitrogens with one attached hydrogen (secondary N) is 1. The van der Waals surface area contributed by atoms with Crippen LogP contribution in [-0.4, -0.2) is 12.0 Å². The van der Waals surface area contributed by atoms with E-state index in [0.717, 1.165) is 30.0 Å². The molecule has 3 N–H and O–H groups in total. The van der Waals surface area contributed by atoms with Crippen molar-refractivity contribution in [2.75, 3.05) is 11.1 Å². The van der Waals surface area contributed by atoms with Crippen molar-refractivity contribution in [1.82, 2.24) is 0 Å². The second-order valence-corrected chi connectivity index (χ2v) is 5.95. The molecule has 0 radical (unpaired) electrons. The topological polar surface area (TPSA) is 64.3 Å². The highest BCUT2D eigenvalue weighted by Gasteiger charge is 2.24. The summed E-state index contributed by atoms with van der Waals surface area (Å²) >= 11 is 0. The van der Waals surface area contributed by atoms with Gasteiger partial charge in [0, 0.05) is 11.8 Å². The van der Waals surface area contributed by atoms with Gasteiger partial charge in [-0.3, -0.25) is 4.79 Å². The molecule has 108 valence electrons. The Bertz CT molecular complexity index is 527. The van der Waals surface area contributed by atoms with Crippen LogP contribution in [0.5, 0.6) is 5.75 Å². The van der Waals surface area contributed by atoms with Gasteiger partial charge >= 0.3 is 0 Å². The van der Waals surface area contributed by atoms with Gasteiger partial charge in [0.2, 0.25) is 5.91 Å². The molecule has 4 nitrogen and oxygen atoms in total. The molecule has 2 atom stereocenters. The summed E-state index contributed by atoms with van der Waals surface area (Å²) in [6.07, 6.45) is 6.64. The van der Waals surface area contributed by atoms with Gasteiger partial charge in [0.05, 0.1) is 18.2 Å². The number of anilines is 2. The highest BCUT2D eigenvalue weighted by atomic mass is 16.5. The molecule has 1 heterocycles.